The number of halogens is 1. The molecule has 0 N–H and O–H groups in total. The van der Waals surface area contributed by atoms with Crippen molar-refractivity contribution in [2.75, 3.05) is 10.7 Å². The lowest BCUT2D eigenvalue weighted by atomic mass is 10.1. The van der Waals surface area contributed by atoms with Crippen molar-refractivity contribution >= 4 is 57.8 Å². The largest absolute Gasteiger partial charge is 0.272 e. The number of amides is 2. The summed E-state index contributed by atoms with van der Waals surface area (Å²) in [6, 6.07) is 9.01. The van der Waals surface area contributed by atoms with Crippen LogP contribution in [0.5, 0.6) is 0 Å². The van der Waals surface area contributed by atoms with Crippen LogP contribution < -0.4 is 4.90 Å². The van der Waals surface area contributed by atoms with Gasteiger partial charge in [0.25, 0.3) is 11.8 Å². The van der Waals surface area contributed by atoms with Crippen molar-refractivity contribution in [3.63, 3.8) is 0 Å². The number of hydrogen-bond acceptors (Lipinski definition) is 4. The molecule has 0 saturated heterocycles. The first-order chi connectivity index (χ1) is 11.1. The molecule has 0 saturated carbocycles. The molecule has 0 bridgehead atoms. The van der Waals surface area contributed by atoms with Crippen LogP contribution >= 0.6 is 34.7 Å². The monoisotopic (exact) mass is 363 g/mol. The van der Waals surface area contributed by atoms with Crippen LogP contribution in [0.3, 0.4) is 0 Å². The summed E-state index contributed by atoms with van der Waals surface area (Å²) >= 11 is 9.03. The summed E-state index contributed by atoms with van der Waals surface area (Å²) in [6.07, 6.45) is 0. The molecule has 3 rings (SSSR count). The zero-order chi connectivity index (χ0) is 16.6. The average Bonchev–Trinajstić information content (AvgIpc) is 3.12. The van der Waals surface area contributed by atoms with Gasteiger partial charge in [0.1, 0.15) is 0 Å². The Kier molecular flexibility index (Phi) is 4.62. The topological polar surface area (TPSA) is 37.4 Å². The van der Waals surface area contributed by atoms with Gasteiger partial charge < -0.3 is 0 Å². The van der Waals surface area contributed by atoms with Gasteiger partial charge in [-0.05, 0) is 41.8 Å². The third-order valence-electron chi connectivity index (χ3n) is 3.58. The van der Waals surface area contributed by atoms with E-state index in [0.29, 0.717) is 21.2 Å². The standard InChI is InChI=1S/C17H14ClNO2S2/c1-3-22-15-14(13-8-5-9-23-13)16(20)19(17(15)21)12-7-4-6-11(18)10(12)2/h4-9H,3H2,1-2H3. The zero-order valence-electron chi connectivity index (χ0n) is 12.6. The molecule has 2 amide bonds. The van der Waals surface area contributed by atoms with Crippen molar-refractivity contribution < 1.29 is 9.59 Å². The van der Waals surface area contributed by atoms with E-state index >= 15 is 0 Å². The molecule has 0 unspecified atom stereocenters. The number of thioether (sulfide) groups is 1. The first-order valence-electron chi connectivity index (χ1n) is 7.11. The van der Waals surface area contributed by atoms with Crippen molar-refractivity contribution in [1.29, 1.82) is 0 Å². The Morgan fingerprint density at radius 1 is 1.17 bits per heavy atom. The molecule has 0 radical (unpaired) electrons. The van der Waals surface area contributed by atoms with E-state index in [9.17, 15) is 9.59 Å². The second-order valence-electron chi connectivity index (χ2n) is 4.94. The van der Waals surface area contributed by atoms with Gasteiger partial charge in [-0.15, -0.1) is 23.1 Å². The Balaban J connectivity index is 2.12. The van der Waals surface area contributed by atoms with Crippen LogP contribution in [0.1, 0.15) is 17.4 Å². The van der Waals surface area contributed by atoms with Gasteiger partial charge in [-0.2, -0.15) is 0 Å². The molecule has 3 nitrogen and oxygen atoms in total. The van der Waals surface area contributed by atoms with Crippen molar-refractivity contribution in [2.24, 2.45) is 0 Å². The number of thiophene rings is 1. The Labute approximate surface area is 147 Å². The normalized spacial score (nSPS) is 15.0. The Morgan fingerprint density at radius 3 is 2.61 bits per heavy atom. The predicted octanol–water partition coefficient (Wildman–Crippen LogP) is 4.75. The summed E-state index contributed by atoms with van der Waals surface area (Å²) in [7, 11) is 0. The minimum atomic E-state index is -0.279. The molecule has 1 aromatic heterocycles. The number of benzene rings is 1. The van der Waals surface area contributed by atoms with Crippen LogP contribution in [0.2, 0.25) is 5.02 Å². The van der Waals surface area contributed by atoms with E-state index in [1.807, 2.05) is 31.4 Å². The molecule has 0 atom stereocenters. The second-order valence-corrected chi connectivity index (χ2v) is 7.57. The third-order valence-corrected chi connectivity index (χ3v) is 5.83. The van der Waals surface area contributed by atoms with Gasteiger partial charge in [-0.25, -0.2) is 4.90 Å². The van der Waals surface area contributed by atoms with Crippen LogP contribution in [0.4, 0.5) is 5.69 Å². The lowest BCUT2D eigenvalue weighted by Crippen LogP contribution is -2.31. The molecule has 0 aliphatic carbocycles. The molecule has 1 aliphatic heterocycles. The minimum absolute atomic E-state index is 0.268. The highest BCUT2D eigenvalue weighted by molar-refractivity contribution is 8.04. The fourth-order valence-electron chi connectivity index (χ4n) is 2.48. The maximum absolute atomic E-state index is 13.0. The van der Waals surface area contributed by atoms with Crippen LogP contribution in [0, 0.1) is 6.92 Å². The summed E-state index contributed by atoms with van der Waals surface area (Å²) in [6.45, 7) is 3.78. The highest BCUT2D eigenvalue weighted by Gasteiger charge is 2.41. The molecule has 2 heterocycles. The number of imide groups is 1. The van der Waals surface area contributed by atoms with Gasteiger partial charge in [-0.3, -0.25) is 9.59 Å². The number of anilines is 1. The molecule has 1 aromatic carbocycles. The highest BCUT2D eigenvalue weighted by Crippen LogP contribution is 2.41. The van der Waals surface area contributed by atoms with Crippen molar-refractivity contribution in [2.45, 2.75) is 13.8 Å². The quantitative estimate of drug-likeness (QED) is 0.736. The first kappa shape index (κ1) is 16.3. The maximum atomic E-state index is 13.0. The van der Waals surface area contributed by atoms with E-state index in [2.05, 4.69) is 0 Å². The number of carbonyl (C=O) groups excluding carboxylic acids is 2. The van der Waals surface area contributed by atoms with E-state index in [1.54, 1.807) is 18.2 Å². The average molecular weight is 364 g/mol. The Hall–Kier alpha value is -1.56. The predicted molar refractivity (Wildman–Crippen MR) is 98.1 cm³/mol. The van der Waals surface area contributed by atoms with E-state index in [-0.39, 0.29) is 11.8 Å². The smallest absolute Gasteiger partial charge is 0.268 e. The molecular formula is C17H14ClNO2S2. The summed E-state index contributed by atoms with van der Waals surface area (Å²) in [4.78, 5) is 28.4. The summed E-state index contributed by atoms with van der Waals surface area (Å²) in [5, 5.41) is 2.44. The third kappa shape index (κ3) is 2.73. The van der Waals surface area contributed by atoms with Crippen LogP contribution in [-0.2, 0) is 9.59 Å². The maximum Gasteiger partial charge on any atom is 0.272 e. The molecular weight excluding hydrogens is 350 g/mol. The van der Waals surface area contributed by atoms with Crippen LogP contribution in [0.15, 0.2) is 40.6 Å². The van der Waals surface area contributed by atoms with Crippen LogP contribution in [0.25, 0.3) is 5.57 Å². The Morgan fingerprint density at radius 2 is 1.96 bits per heavy atom. The summed E-state index contributed by atoms with van der Waals surface area (Å²) < 4.78 is 0. The lowest BCUT2D eigenvalue weighted by molar-refractivity contribution is -0.119. The lowest BCUT2D eigenvalue weighted by Gasteiger charge is -2.18. The summed E-state index contributed by atoms with van der Waals surface area (Å²) in [5.41, 5.74) is 1.77. The number of carbonyl (C=O) groups is 2. The molecule has 118 valence electrons. The van der Waals surface area contributed by atoms with Crippen molar-refractivity contribution in [3.05, 3.63) is 56.1 Å². The SMILES string of the molecule is CCSC1=C(c2cccs2)C(=O)N(c2cccc(Cl)c2C)C1=O. The molecule has 0 spiro atoms. The second kappa shape index (κ2) is 6.51. The van der Waals surface area contributed by atoms with Gasteiger partial charge >= 0.3 is 0 Å². The van der Waals surface area contributed by atoms with Gasteiger partial charge in [0.15, 0.2) is 0 Å². The molecule has 2 aromatic rings. The first-order valence-corrected chi connectivity index (χ1v) is 9.35. The van der Waals surface area contributed by atoms with E-state index in [4.69, 9.17) is 11.6 Å². The molecule has 6 heteroatoms. The summed E-state index contributed by atoms with van der Waals surface area (Å²) in [5.74, 6) is 0.181. The minimum Gasteiger partial charge on any atom is -0.268 e. The fourth-order valence-corrected chi connectivity index (χ4v) is 4.33. The van der Waals surface area contributed by atoms with Gasteiger partial charge in [0.05, 0.1) is 16.2 Å². The molecule has 1 aliphatic rings. The number of nitrogens with zero attached hydrogens (tertiary/aromatic N) is 1. The van der Waals surface area contributed by atoms with Crippen molar-refractivity contribution in [1.82, 2.24) is 0 Å². The number of hydrogen-bond donors (Lipinski definition) is 0. The zero-order valence-corrected chi connectivity index (χ0v) is 15.0. The fraction of sp³-hybridized carbons (Fsp3) is 0.176. The van der Waals surface area contributed by atoms with E-state index < -0.39 is 0 Å². The molecule has 23 heavy (non-hydrogen) atoms. The van der Waals surface area contributed by atoms with E-state index in [1.165, 1.54) is 28.0 Å². The Bertz CT molecular complexity index is 812. The van der Waals surface area contributed by atoms with Crippen molar-refractivity contribution in [3.8, 4) is 0 Å². The highest BCUT2D eigenvalue weighted by atomic mass is 35.5. The van der Waals surface area contributed by atoms with Gasteiger partial charge in [0, 0.05) is 9.90 Å². The van der Waals surface area contributed by atoms with Gasteiger partial charge in [-0.1, -0.05) is 30.7 Å². The van der Waals surface area contributed by atoms with Gasteiger partial charge in [0.2, 0.25) is 0 Å². The van der Waals surface area contributed by atoms with Crippen LogP contribution in [-0.4, -0.2) is 17.6 Å². The number of rotatable bonds is 4. The van der Waals surface area contributed by atoms with E-state index in [0.717, 1.165) is 16.2 Å². The molecule has 0 fully saturated rings.